The zero-order chi connectivity index (χ0) is 24.2. The van der Waals surface area contributed by atoms with Crippen molar-refractivity contribution in [1.82, 2.24) is 15.5 Å². The van der Waals surface area contributed by atoms with Gasteiger partial charge in [-0.3, -0.25) is 14.4 Å². The van der Waals surface area contributed by atoms with Crippen LogP contribution in [0.5, 0.6) is 0 Å². The molecule has 5 rings (SSSR count). The van der Waals surface area contributed by atoms with Crippen molar-refractivity contribution in [2.75, 3.05) is 13.1 Å². The molecule has 2 heterocycles. The minimum absolute atomic E-state index is 0.0595. The number of carbonyl (C=O) groups is 3. The first-order chi connectivity index (χ1) is 16.2. The second kappa shape index (κ2) is 8.67. The SMILES string of the molecule is CC(C)(C)[C@H](OC1CC1)C(=O)N1C[C@H]2[C@@H]([C@H]1C(=O)N[C@H](C#N)C[C@@H]1CCNC1=O)[C@H]1C=C[C@@H]2C1. The van der Waals surface area contributed by atoms with Crippen molar-refractivity contribution in [3.8, 4) is 6.07 Å². The lowest BCUT2D eigenvalue weighted by Gasteiger charge is -2.36. The largest absolute Gasteiger partial charge is 0.365 e. The lowest BCUT2D eigenvalue weighted by atomic mass is 9.81. The van der Waals surface area contributed by atoms with E-state index in [1.54, 1.807) is 4.90 Å². The molecule has 184 valence electrons. The van der Waals surface area contributed by atoms with Gasteiger partial charge in [0.1, 0.15) is 18.2 Å². The molecule has 0 radical (unpaired) electrons. The van der Waals surface area contributed by atoms with E-state index in [4.69, 9.17) is 4.74 Å². The van der Waals surface area contributed by atoms with E-state index < -0.39 is 18.2 Å². The Hall–Kier alpha value is -2.40. The predicted molar refractivity (Wildman–Crippen MR) is 124 cm³/mol. The molecule has 2 N–H and O–H groups in total. The molecular weight excluding hydrogens is 432 g/mol. The number of hydrogen-bond acceptors (Lipinski definition) is 5. The van der Waals surface area contributed by atoms with Crippen molar-refractivity contribution >= 4 is 17.7 Å². The van der Waals surface area contributed by atoms with Gasteiger partial charge in [0.15, 0.2) is 0 Å². The summed E-state index contributed by atoms with van der Waals surface area (Å²) in [6, 6.07) is 0.799. The van der Waals surface area contributed by atoms with Crippen molar-refractivity contribution in [1.29, 1.82) is 5.26 Å². The highest BCUT2D eigenvalue weighted by atomic mass is 16.5. The Kier molecular flexibility index (Phi) is 5.96. The fourth-order valence-corrected chi connectivity index (χ4v) is 6.52. The van der Waals surface area contributed by atoms with Crippen LogP contribution >= 0.6 is 0 Å². The molecule has 2 saturated heterocycles. The third kappa shape index (κ3) is 4.24. The molecule has 34 heavy (non-hydrogen) atoms. The standard InChI is InChI=1S/C26H36N4O4/c1-26(2,3)22(34-18-6-7-18)25(33)30-13-19-14-4-5-15(10-14)20(19)21(30)24(32)29-17(12-27)11-16-8-9-28-23(16)31/h4-5,14-22H,6-11,13H2,1-3H3,(H,28,31)(H,29,32)/t14-,15+,16+,17+,19-,20+,21+,22-/m1/s1. The summed E-state index contributed by atoms with van der Waals surface area (Å²) in [5.74, 6) is 0.295. The number of carbonyl (C=O) groups excluding carboxylic acids is 3. The molecule has 3 aliphatic carbocycles. The van der Waals surface area contributed by atoms with Crippen LogP contribution in [-0.4, -0.2) is 60.0 Å². The van der Waals surface area contributed by atoms with Crippen LogP contribution in [-0.2, 0) is 19.1 Å². The van der Waals surface area contributed by atoms with E-state index in [2.05, 4.69) is 28.9 Å². The first-order valence-corrected chi connectivity index (χ1v) is 12.8. The quantitative estimate of drug-likeness (QED) is 0.553. The van der Waals surface area contributed by atoms with Gasteiger partial charge in [-0.1, -0.05) is 32.9 Å². The average Bonchev–Trinajstić information content (AvgIpc) is 3.11. The van der Waals surface area contributed by atoms with Gasteiger partial charge in [0.25, 0.3) is 5.91 Å². The summed E-state index contributed by atoms with van der Waals surface area (Å²) in [5, 5.41) is 15.4. The maximum atomic E-state index is 13.9. The number of amides is 3. The smallest absolute Gasteiger partial charge is 0.252 e. The Morgan fingerprint density at radius 1 is 1.26 bits per heavy atom. The van der Waals surface area contributed by atoms with E-state index in [1.165, 1.54) is 0 Å². The highest BCUT2D eigenvalue weighted by Gasteiger charge is 2.59. The van der Waals surface area contributed by atoms with Gasteiger partial charge in [-0.05, 0) is 61.2 Å². The van der Waals surface area contributed by atoms with Crippen LogP contribution < -0.4 is 10.6 Å². The number of likely N-dealkylation sites (tertiary alicyclic amines) is 1. The summed E-state index contributed by atoms with van der Waals surface area (Å²) in [7, 11) is 0. The molecule has 8 nitrogen and oxygen atoms in total. The van der Waals surface area contributed by atoms with Crippen LogP contribution in [0.25, 0.3) is 0 Å². The number of rotatable bonds is 7. The molecule has 8 atom stereocenters. The minimum Gasteiger partial charge on any atom is -0.365 e. The number of fused-ring (bicyclic) bond motifs is 5. The van der Waals surface area contributed by atoms with E-state index in [0.29, 0.717) is 31.8 Å². The summed E-state index contributed by atoms with van der Waals surface area (Å²) >= 11 is 0. The summed E-state index contributed by atoms with van der Waals surface area (Å²) in [6.45, 7) is 7.18. The molecule has 2 aliphatic heterocycles. The molecule has 2 bridgehead atoms. The molecule has 3 amide bonds. The third-order valence-electron chi connectivity index (χ3n) is 8.37. The van der Waals surface area contributed by atoms with E-state index >= 15 is 0 Å². The van der Waals surface area contributed by atoms with E-state index in [9.17, 15) is 19.6 Å². The highest BCUT2D eigenvalue weighted by molar-refractivity contribution is 5.91. The Balaban J connectivity index is 1.37. The Morgan fingerprint density at radius 2 is 2.00 bits per heavy atom. The first kappa shape index (κ1) is 23.3. The van der Waals surface area contributed by atoms with Crippen LogP contribution in [0.3, 0.4) is 0 Å². The third-order valence-corrected chi connectivity index (χ3v) is 8.37. The number of ether oxygens (including phenoxy) is 1. The molecule has 0 aromatic heterocycles. The molecule has 0 aromatic rings. The molecule has 5 aliphatic rings. The number of allylic oxidation sites excluding steroid dienone is 2. The monoisotopic (exact) mass is 468 g/mol. The lowest BCUT2D eigenvalue weighted by molar-refractivity contribution is -0.157. The molecule has 2 saturated carbocycles. The second-order valence-electron chi connectivity index (χ2n) is 11.9. The minimum atomic E-state index is -0.757. The van der Waals surface area contributed by atoms with E-state index in [1.807, 2.05) is 20.8 Å². The number of nitrogens with one attached hydrogen (secondary N) is 2. The summed E-state index contributed by atoms with van der Waals surface area (Å²) in [4.78, 5) is 41.3. The van der Waals surface area contributed by atoms with E-state index in [-0.39, 0.29) is 52.9 Å². The van der Waals surface area contributed by atoms with Gasteiger partial charge in [-0.25, -0.2) is 0 Å². The van der Waals surface area contributed by atoms with Gasteiger partial charge < -0.3 is 20.3 Å². The molecule has 8 heteroatoms. The number of nitrogens with zero attached hydrogens (tertiary/aromatic N) is 2. The van der Waals surface area contributed by atoms with Gasteiger partial charge in [-0.15, -0.1) is 0 Å². The van der Waals surface area contributed by atoms with Crippen LogP contribution in [0.2, 0.25) is 0 Å². The second-order valence-corrected chi connectivity index (χ2v) is 11.9. The Morgan fingerprint density at radius 3 is 2.62 bits per heavy atom. The van der Waals surface area contributed by atoms with Crippen molar-refractivity contribution in [3.63, 3.8) is 0 Å². The topological polar surface area (TPSA) is 112 Å². The highest BCUT2D eigenvalue weighted by Crippen LogP contribution is 2.54. The number of hydrogen-bond donors (Lipinski definition) is 2. The zero-order valence-corrected chi connectivity index (χ0v) is 20.3. The van der Waals surface area contributed by atoms with Crippen LogP contribution in [0.1, 0.15) is 52.9 Å². The first-order valence-electron chi connectivity index (χ1n) is 12.8. The van der Waals surface area contributed by atoms with Crippen LogP contribution in [0.15, 0.2) is 12.2 Å². The normalized spacial score (nSPS) is 35.6. The maximum absolute atomic E-state index is 13.9. The fourth-order valence-electron chi connectivity index (χ4n) is 6.52. The molecule has 4 fully saturated rings. The molecule has 0 aromatic carbocycles. The summed E-state index contributed by atoms with van der Waals surface area (Å²) in [5.41, 5.74) is -0.388. The van der Waals surface area contributed by atoms with Gasteiger partial charge in [0.05, 0.1) is 12.2 Å². The zero-order valence-electron chi connectivity index (χ0n) is 20.3. The fraction of sp³-hybridized carbons (Fsp3) is 0.769. The molecule has 0 unspecified atom stereocenters. The van der Waals surface area contributed by atoms with Crippen molar-refractivity contribution < 1.29 is 19.1 Å². The summed E-state index contributed by atoms with van der Waals surface area (Å²) in [6.07, 6.45) is 7.92. The van der Waals surface area contributed by atoms with Crippen LogP contribution in [0, 0.1) is 46.3 Å². The van der Waals surface area contributed by atoms with Gasteiger partial charge >= 0.3 is 0 Å². The summed E-state index contributed by atoms with van der Waals surface area (Å²) < 4.78 is 6.19. The van der Waals surface area contributed by atoms with Gasteiger partial charge in [0, 0.05) is 19.0 Å². The van der Waals surface area contributed by atoms with Crippen LogP contribution in [0.4, 0.5) is 0 Å². The molecular formula is C26H36N4O4. The van der Waals surface area contributed by atoms with E-state index in [0.717, 1.165) is 19.3 Å². The Labute approximate surface area is 201 Å². The lowest BCUT2D eigenvalue weighted by Crippen LogP contribution is -2.56. The Bertz CT molecular complexity index is 930. The predicted octanol–water partition coefficient (Wildman–Crippen LogP) is 1.76. The average molecular weight is 469 g/mol. The number of nitriles is 1. The molecule has 0 spiro atoms. The van der Waals surface area contributed by atoms with Gasteiger partial charge in [-0.2, -0.15) is 5.26 Å². The maximum Gasteiger partial charge on any atom is 0.252 e. The van der Waals surface area contributed by atoms with Gasteiger partial charge in [0.2, 0.25) is 11.8 Å². The van der Waals surface area contributed by atoms with Crippen molar-refractivity contribution in [2.24, 2.45) is 35.0 Å². The van der Waals surface area contributed by atoms with Crippen molar-refractivity contribution in [2.45, 2.75) is 77.2 Å². The van der Waals surface area contributed by atoms with Crippen molar-refractivity contribution in [3.05, 3.63) is 12.2 Å².